The van der Waals surface area contributed by atoms with Crippen LogP contribution in [0.15, 0.2) is 36.4 Å². The minimum Gasteiger partial charge on any atom is -0.329 e. The van der Waals surface area contributed by atoms with Crippen LogP contribution >= 0.6 is 0 Å². The zero-order valence-corrected chi connectivity index (χ0v) is 12.4. The Morgan fingerprint density at radius 1 is 1.29 bits per heavy atom. The Balaban J connectivity index is 1.73. The first-order valence-electron chi connectivity index (χ1n) is 7.78. The normalized spacial score (nSPS) is 22.1. The standard InChI is InChI=1S/C17H23N3O/c18-12-15-8-3-4-10-19(15)13-17(21)20-11-5-7-14-6-1-2-9-16(14)20/h1-3,6,8-9,15H,4-5,7,10-13,18H2. The largest absolute Gasteiger partial charge is 0.329 e. The van der Waals surface area contributed by atoms with Crippen LogP contribution in [0.3, 0.4) is 0 Å². The first-order chi connectivity index (χ1) is 10.3. The highest BCUT2D eigenvalue weighted by atomic mass is 16.2. The van der Waals surface area contributed by atoms with E-state index in [0.29, 0.717) is 13.1 Å². The first kappa shape index (κ1) is 14.3. The van der Waals surface area contributed by atoms with E-state index < -0.39 is 0 Å². The van der Waals surface area contributed by atoms with Gasteiger partial charge in [0.25, 0.3) is 0 Å². The highest BCUT2D eigenvalue weighted by Gasteiger charge is 2.26. The molecule has 3 rings (SSSR count). The quantitative estimate of drug-likeness (QED) is 0.857. The minimum atomic E-state index is 0.191. The molecule has 1 amide bonds. The average molecular weight is 285 g/mol. The van der Waals surface area contributed by atoms with Crippen molar-refractivity contribution < 1.29 is 4.79 Å². The summed E-state index contributed by atoms with van der Waals surface area (Å²) in [4.78, 5) is 16.9. The van der Waals surface area contributed by atoms with E-state index in [9.17, 15) is 4.79 Å². The number of benzene rings is 1. The van der Waals surface area contributed by atoms with Crippen molar-refractivity contribution in [2.75, 3.05) is 31.1 Å². The van der Waals surface area contributed by atoms with Crippen molar-refractivity contribution >= 4 is 11.6 Å². The van der Waals surface area contributed by atoms with Gasteiger partial charge in [-0.2, -0.15) is 0 Å². The summed E-state index contributed by atoms with van der Waals surface area (Å²) in [6.45, 7) is 2.77. The lowest BCUT2D eigenvalue weighted by molar-refractivity contribution is -0.120. The van der Waals surface area contributed by atoms with E-state index in [1.165, 1.54) is 5.56 Å². The Morgan fingerprint density at radius 2 is 2.14 bits per heavy atom. The zero-order chi connectivity index (χ0) is 14.7. The molecule has 1 unspecified atom stereocenters. The summed E-state index contributed by atoms with van der Waals surface area (Å²) in [5.74, 6) is 0.191. The van der Waals surface area contributed by atoms with Gasteiger partial charge in [0.2, 0.25) is 5.91 Å². The van der Waals surface area contributed by atoms with Crippen LogP contribution in [-0.2, 0) is 11.2 Å². The molecule has 2 N–H and O–H groups in total. The average Bonchev–Trinajstić information content (AvgIpc) is 2.54. The van der Waals surface area contributed by atoms with Gasteiger partial charge in [0.15, 0.2) is 0 Å². The second-order valence-electron chi connectivity index (χ2n) is 5.77. The molecule has 2 heterocycles. The van der Waals surface area contributed by atoms with Gasteiger partial charge >= 0.3 is 0 Å². The molecule has 2 aliphatic rings. The van der Waals surface area contributed by atoms with E-state index in [4.69, 9.17) is 5.73 Å². The fourth-order valence-corrected chi connectivity index (χ4v) is 3.26. The molecule has 0 aromatic heterocycles. The van der Waals surface area contributed by atoms with Crippen LogP contribution in [0, 0.1) is 0 Å². The number of aryl methyl sites for hydroxylation is 1. The lowest BCUT2D eigenvalue weighted by Crippen LogP contribution is -2.49. The number of hydrogen-bond donors (Lipinski definition) is 1. The molecule has 1 aromatic rings. The van der Waals surface area contributed by atoms with Gasteiger partial charge in [-0.15, -0.1) is 0 Å². The molecule has 0 aliphatic carbocycles. The van der Waals surface area contributed by atoms with Crippen LogP contribution in [0.4, 0.5) is 5.69 Å². The number of amides is 1. The number of carbonyl (C=O) groups is 1. The maximum Gasteiger partial charge on any atom is 0.241 e. The highest BCUT2D eigenvalue weighted by molar-refractivity contribution is 5.96. The summed E-state index contributed by atoms with van der Waals surface area (Å²) in [5.41, 5.74) is 8.18. The number of carbonyl (C=O) groups excluding carboxylic acids is 1. The second kappa shape index (κ2) is 6.41. The number of nitrogens with zero attached hydrogens (tertiary/aromatic N) is 2. The fourth-order valence-electron chi connectivity index (χ4n) is 3.26. The van der Waals surface area contributed by atoms with Crippen molar-refractivity contribution in [3.05, 3.63) is 42.0 Å². The maximum atomic E-state index is 12.7. The van der Waals surface area contributed by atoms with Gasteiger partial charge in [0, 0.05) is 31.4 Å². The van der Waals surface area contributed by atoms with Crippen molar-refractivity contribution in [3.8, 4) is 0 Å². The minimum absolute atomic E-state index is 0.191. The van der Waals surface area contributed by atoms with E-state index in [1.807, 2.05) is 17.0 Å². The van der Waals surface area contributed by atoms with Gasteiger partial charge in [0.1, 0.15) is 0 Å². The molecular weight excluding hydrogens is 262 g/mol. The van der Waals surface area contributed by atoms with Crippen molar-refractivity contribution in [1.29, 1.82) is 0 Å². The third-order valence-corrected chi connectivity index (χ3v) is 4.40. The monoisotopic (exact) mass is 285 g/mol. The third-order valence-electron chi connectivity index (χ3n) is 4.40. The lowest BCUT2D eigenvalue weighted by atomic mass is 10.0. The Hall–Kier alpha value is -1.65. The molecule has 1 aromatic carbocycles. The molecule has 4 nitrogen and oxygen atoms in total. The highest BCUT2D eigenvalue weighted by Crippen LogP contribution is 2.27. The van der Waals surface area contributed by atoms with E-state index >= 15 is 0 Å². The molecule has 2 aliphatic heterocycles. The summed E-state index contributed by atoms with van der Waals surface area (Å²) in [5, 5.41) is 0. The number of fused-ring (bicyclic) bond motifs is 1. The summed E-state index contributed by atoms with van der Waals surface area (Å²) in [6, 6.07) is 8.44. The first-order valence-corrected chi connectivity index (χ1v) is 7.78. The van der Waals surface area contributed by atoms with E-state index in [-0.39, 0.29) is 11.9 Å². The van der Waals surface area contributed by atoms with Crippen LogP contribution in [0.5, 0.6) is 0 Å². The summed E-state index contributed by atoms with van der Waals surface area (Å²) in [7, 11) is 0. The molecule has 21 heavy (non-hydrogen) atoms. The van der Waals surface area contributed by atoms with E-state index in [0.717, 1.165) is 38.0 Å². The maximum absolute atomic E-state index is 12.7. The second-order valence-corrected chi connectivity index (χ2v) is 5.77. The Bertz CT molecular complexity index is 541. The van der Waals surface area contributed by atoms with E-state index in [1.54, 1.807) is 0 Å². The van der Waals surface area contributed by atoms with Crippen molar-refractivity contribution in [1.82, 2.24) is 4.90 Å². The van der Waals surface area contributed by atoms with Gasteiger partial charge in [-0.1, -0.05) is 30.4 Å². The Morgan fingerprint density at radius 3 is 3.00 bits per heavy atom. The summed E-state index contributed by atoms with van der Waals surface area (Å²) < 4.78 is 0. The summed E-state index contributed by atoms with van der Waals surface area (Å²) in [6.07, 6.45) is 7.40. The fraction of sp³-hybridized carbons (Fsp3) is 0.471. The molecule has 0 saturated carbocycles. The van der Waals surface area contributed by atoms with Gasteiger partial charge in [-0.25, -0.2) is 0 Å². The van der Waals surface area contributed by atoms with Gasteiger partial charge in [-0.05, 0) is 30.9 Å². The number of anilines is 1. The number of hydrogen-bond acceptors (Lipinski definition) is 3. The van der Waals surface area contributed by atoms with Gasteiger partial charge in [-0.3, -0.25) is 9.69 Å². The van der Waals surface area contributed by atoms with Crippen molar-refractivity contribution in [3.63, 3.8) is 0 Å². The molecule has 0 bridgehead atoms. The van der Waals surface area contributed by atoms with Gasteiger partial charge in [0.05, 0.1) is 6.54 Å². The molecule has 0 saturated heterocycles. The number of nitrogens with two attached hydrogens (primary N) is 1. The van der Waals surface area contributed by atoms with Crippen molar-refractivity contribution in [2.24, 2.45) is 5.73 Å². The Kier molecular flexibility index (Phi) is 4.36. The molecule has 1 atom stereocenters. The SMILES string of the molecule is NCC1C=CCCN1CC(=O)N1CCCc2ccccc21. The lowest BCUT2D eigenvalue weighted by Gasteiger charge is -2.35. The van der Waals surface area contributed by atoms with Crippen molar-refractivity contribution in [2.45, 2.75) is 25.3 Å². The van der Waals surface area contributed by atoms with E-state index in [2.05, 4.69) is 29.2 Å². The molecule has 0 spiro atoms. The molecule has 4 heteroatoms. The molecule has 0 radical (unpaired) electrons. The number of rotatable bonds is 3. The van der Waals surface area contributed by atoms with Crippen LogP contribution in [0.2, 0.25) is 0 Å². The molecular formula is C17H23N3O. The van der Waals surface area contributed by atoms with Crippen LogP contribution in [0.25, 0.3) is 0 Å². The van der Waals surface area contributed by atoms with Crippen LogP contribution < -0.4 is 10.6 Å². The smallest absolute Gasteiger partial charge is 0.241 e. The van der Waals surface area contributed by atoms with Crippen LogP contribution in [0.1, 0.15) is 18.4 Å². The van der Waals surface area contributed by atoms with Crippen LogP contribution in [-0.4, -0.2) is 43.0 Å². The topological polar surface area (TPSA) is 49.6 Å². The third kappa shape index (κ3) is 3.01. The zero-order valence-electron chi connectivity index (χ0n) is 12.4. The van der Waals surface area contributed by atoms with Gasteiger partial charge < -0.3 is 10.6 Å². The molecule has 0 fully saturated rings. The summed E-state index contributed by atoms with van der Waals surface area (Å²) >= 11 is 0. The number of para-hydroxylation sites is 1. The predicted molar refractivity (Wildman–Crippen MR) is 85.3 cm³/mol. The predicted octanol–water partition coefficient (Wildman–Crippen LogP) is 1.56. The Labute approximate surface area is 126 Å². The molecule has 112 valence electrons.